The van der Waals surface area contributed by atoms with Gasteiger partial charge in [-0.3, -0.25) is 9.47 Å². The molecular formula is C27H31Cl2F2N3O3. The van der Waals surface area contributed by atoms with Gasteiger partial charge >= 0.3 is 0 Å². The molecule has 4 fully saturated rings. The Morgan fingerprint density at radius 2 is 1.59 bits per heavy atom. The Bertz CT molecular complexity index is 1260. The van der Waals surface area contributed by atoms with Gasteiger partial charge in [-0.1, -0.05) is 29.3 Å². The van der Waals surface area contributed by atoms with Gasteiger partial charge in [0, 0.05) is 62.7 Å². The highest BCUT2D eigenvalue weighted by Crippen LogP contribution is 2.71. The molecule has 4 unspecified atom stereocenters. The summed E-state index contributed by atoms with van der Waals surface area (Å²) in [5.74, 6) is -3.74. The molecular weight excluding hydrogens is 523 g/mol. The number of aromatic nitrogens is 1. The minimum absolute atomic E-state index is 0.0419. The first-order valence-corrected chi connectivity index (χ1v) is 14.0. The first kappa shape index (κ1) is 24.3. The van der Waals surface area contributed by atoms with Crippen LogP contribution < -0.4 is 4.90 Å². The largest absolute Gasteiger partial charge is 0.494 e. The Kier molecular flexibility index (Phi) is 5.34. The average molecular weight is 554 g/mol. The van der Waals surface area contributed by atoms with Crippen molar-refractivity contribution < 1.29 is 24.1 Å². The normalized spacial score (nSPS) is 35.7. The Morgan fingerprint density at radius 1 is 0.919 bits per heavy atom. The number of benzene rings is 1. The molecule has 1 aromatic heterocycles. The molecule has 4 aliphatic carbocycles. The van der Waals surface area contributed by atoms with Gasteiger partial charge in [-0.2, -0.15) is 0 Å². The van der Waals surface area contributed by atoms with Crippen LogP contribution in [0.15, 0.2) is 18.2 Å². The van der Waals surface area contributed by atoms with E-state index in [-0.39, 0.29) is 30.5 Å². The van der Waals surface area contributed by atoms with E-state index in [1.807, 2.05) is 12.1 Å². The molecule has 5 aliphatic rings. The molecule has 6 nitrogen and oxygen atoms in total. The van der Waals surface area contributed by atoms with Gasteiger partial charge in [0.25, 0.3) is 5.92 Å². The molecule has 7 rings (SSSR count). The number of anilines is 1. The predicted octanol–water partition coefficient (Wildman–Crippen LogP) is 5.03. The van der Waals surface area contributed by atoms with Crippen molar-refractivity contribution >= 4 is 28.9 Å². The van der Waals surface area contributed by atoms with Crippen molar-refractivity contribution in [2.45, 2.75) is 55.6 Å². The molecule has 3 N–H and O–H groups in total. The number of rotatable bonds is 6. The fourth-order valence-electron chi connectivity index (χ4n) is 7.62. The van der Waals surface area contributed by atoms with Crippen molar-refractivity contribution in [2.24, 2.45) is 17.8 Å². The van der Waals surface area contributed by atoms with Crippen LogP contribution in [0.2, 0.25) is 10.0 Å². The Balaban J connectivity index is 0.982. The summed E-state index contributed by atoms with van der Waals surface area (Å²) < 4.78 is 29.2. The van der Waals surface area contributed by atoms with Crippen LogP contribution >= 0.6 is 23.2 Å². The highest BCUT2D eigenvalue weighted by molar-refractivity contribution is 6.43. The average Bonchev–Trinajstić information content (AvgIpc) is 3.62. The third kappa shape index (κ3) is 3.69. The molecule has 10 heteroatoms. The van der Waals surface area contributed by atoms with Gasteiger partial charge in [0.2, 0.25) is 0 Å². The van der Waals surface area contributed by atoms with E-state index in [1.54, 1.807) is 10.6 Å². The van der Waals surface area contributed by atoms with E-state index in [1.165, 1.54) is 0 Å². The van der Waals surface area contributed by atoms with E-state index in [0.29, 0.717) is 46.0 Å². The number of halogens is 4. The first-order valence-electron chi connectivity index (χ1n) is 13.2. The number of fused-ring (bicyclic) bond motifs is 5. The van der Waals surface area contributed by atoms with Crippen LogP contribution in [0, 0.1) is 17.8 Å². The highest BCUT2D eigenvalue weighted by Gasteiger charge is 2.72. The number of hydrogen-bond acceptors (Lipinski definition) is 5. The summed E-state index contributed by atoms with van der Waals surface area (Å²) in [5, 5.41) is 34.3. The molecule has 0 radical (unpaired) electrons. The zero-order valence-corrected chi connectivity index (χ0v) is 21.9. The fraction of sp³-hybridized carbons (Fsp3) is 0.630. The van der Waals surface area contributed by atoms with Crippen LogP contribution in [0.25, 0.3) is 0 Å². The van der Waals surface area contributed by atoms with Gasteiger partial charge in [0.1, 0.15) is 0 Å². The van der Waals surface area contributed by atoms with Crippen molar-refractivity contribution in [1.82, 2.24) is 9.47 Å². The smallest absolute Gasteiger partial charge is 0.254 e. The lowest BCUT2D eigenvalue weighted by Gasteiger charge is -2.36. The lowest BCUT2D eigenvalue weighted by Crippen LogP contribution is -2.47. The summed E-state index contributed by atoms with van der Waals surface area (Å²) >= 11 is 12.6. The predicted molar refractivity (Wildman–Crippen MR) is 137 cm³/mol. The summed E-state index contributed by atoms with van der Waals surface area (Å²) in [6, 6.07) is 5.71. The lowest BCUT2D eigenvalue weighted by molar-refractivity contribution is -0.0399. The monoisotopic (exact) mass is 553 g/mol. The van der Waals surface area contributed by atoms with E-state index in [2.05, 4.69) is 9.80 Å². The van der Waals surface area contributed by atoms with Crippen molar-refractivity contribution in [2.75, 3.05) is 37.6 Å². The molecule has 200 valence electrons. The summed E-state index contributed by atoms with van der Waals surface area (Å²) in [6.45, 7) is 5.06. The van der Waals surface area contributed by atoms with E-state index in [4.69, 9.17) is 23.2 Å². The second-order valence-electron chi connectivity index (χ2n) is 11.9. The van der Waals surface area contributed by atoms with Crippen LogP contribution in [-0.2, 0) is 6.54 Å². The van der Waals surface area contributed by atoms with Gasteiger partial charge in [-0.25, -0.2) is 8.78 Å². The molecule has 1 aliphatic heterocycles. The van der Waals surface area contributed by atoms with Crippen LogP contribution in [0.1, 0.15) is 48.6 Å². The van der Waals surface area contributed by atoms with Gasteiger partial charge in [-0.15, -0.1) is 0 Å². The van der Waals surface area contributed by atoms with Crippen LogP contribution in [0.5, 0.6) is 11.8 Å². The number of aliphatic hydroxyl groups is 1. The summed E-state index contributed by atoms with van der Waals surface area (Å²) in [6.07, 6.45) is 1.49. The maximum absolute atomic E-state index is 13.8. The standard InChI is InChI=1S/C27H31Cl2F2N3O3/c28-18-2-1-3-19(23(18)29)33-6-4-32(5-7-33)12-15-8-16(15)13-34-24(35)21-14-9-17(22(21)25(34)36)26(37,10-14)20-11-27(20,30)31/h1-3,14-17,20,35-37H,4-13H2/t14?,15-,16-,17?,20?,26?/m1/s1. The second-order valence-corrected chi connectivity index (χ2v) is 12.7. The van der Waals surface area contributed by atoms with Crippen molar-refractivity contribution in [3.05, 3.63) is 39.4 Å². The van der Waals surface area contributed by atoms with E-state index < -0.39 is 23.4 Å². The molecule has 2 aromatic rings. The number of nitrogens with zero attached hydrogens (tertiary/aromatic N) is 3. The summed E-state index contributed by atoms with van der Waals surface area (Å²) in [7, 11) is 0. The van der Waals surface area contributed by atoms with E-state index in [9.17, 15) is 24.1 Å². The first-order chi connectivity index (χ1) is 17.6. The Labute approximate surface area is 224 Å². The van der Waals surface area contributed by atoms with E-state index in [0.717, 1.165) is 44.8 Å². The van der Waals surface area contributed by atoms with Crippen LogP contribution in [0.4, 0.5) is 14.5 Å². The molecule has 2 heterocycles. The molecule has 0 spiro atoms. The summed E-state index contributed by atoms with van der Waals surface area (Å²) in [5.41, 5.74) is 0.656. The summed E-state index contributed by atoms with van der Waals surface area (Å²) in [4.78, 5) is 4.71. The van der Waals surface area contributed by atoms with Crippen molar-refractivity contribution in [1.29, 1.82) is 0 Å². The van der Waals surface area contributed by atoms with Gasteiger partial charge in [0.15, 0.2) is 11.8 Å². The third-order valence-electron chi connectivity index (χ3n) is 9.79. The number of alkyl halides is 2. The molecule has 1 saturated heterocycles. The maximum atomic E-state index is 13.8. The molecule has 3 saturated carbocycles. The zero-order valence-electron chi connectivity index (χ0n) is 20.4. The fourth-order valence-corrected chi connectivity index (χ4v) is 8.04. The quantitative estimate of drug-likeness (QED) is 0.468. The Hall–Kier alpha value is -1.74. The minimum Gasteiger partial charge on any atom is -0.494 e. The minimum atomic E-state index is -2.83. The second kappa shape index (κ2) is 8.13. The SMILES string of the molecule is Oc1c2c(c(O)n1C[C@H]1C[C@@H]1CN1CCN(c3cccc(Cl)c3Cl)CC1)C1CC2CC1(O)C1CC1(F)F. The number of hydrogen-bond donors (Lipinski definition) is 3. The van der Waals surface area contributed by atoms with Gasteiger partial charge in [0.05, 0.1) is 27.3 Å². The molecule has 2 bridgehead atoms. The third-order valence-corrected chi connectivity index (χ3v) is 10.6. The molecule has 37 heavy (non-hydrogen) atoms. The van der Waals surface area contributed by atoms with Crippen LogP contribution in [0.3, 0.4) is 0 Å². The Morgan fingerprint density at radius 3 is 2.30 bits per heavy atom. The number of aromatic hydroxyl groups is 2. The van der Waals surface area contributed by atoms with Crippen molar-refractivity contribution in [3.63, 3.8) is 0 Å². The number of piperazine rings is 1. The lowest BCUT2D eigenvalue weighted by atomic mass is 9.78. The van der Waals surface area contributed by atoms with Crippen molar-refractivity contribution in [3.8, 4) is 11.8 Å². The zero-order chi connectivity index (χ0) is 25.9. The molecule has 0 amide bonds. The molecule has 6 atom stereocenters. The van der Waals surface area contributed by atoms with Gasteiger partial charge < -0.3 is 20.2 Å². The topological polar surface area (TPSA) is 72.1 Å². The maximum Gasteiger partial charge on any atom is 0.254 e. The van der Waals surface area contributed by atoms with Gasteiger partial charge in [-0.05, 0) is 49.1 Å². The van der Waals surface area contributed by atoms with Crippen LogP contribution in [-0.4, -0.2) is 69.0 Å². The molecule has 1 aromatic carbocycles. The van der Waals surface area contributed by atoms with E-state index >= 15 is 0 Å². The highest BCUT2D eigenvalue weighted by atomic mass is 35.5.